The second kappa shape index (κ2) is 7.60. The van der Waals surface area contributed by atoms with E-state index in [0.717, 1.165) is 29.9 Å². The molecule has 2 aromatic rings. The van der Waals surface area contributed by atoms with Crippen LogP contribution in [0.1, 0.15) is 36.3 Å². The quantitative estimate of drug-likeness (QED) is 0.862. The Labute approximate surface area is 157 Å². The average Bonchev–Trinajstić information content (AvgIpc) is 3.12. The summed E-state index contributed by atoms with van der Waals surface area (Å²) in [7, 11) is 0. The molecule has 0 bridgehead atoms. The molecule has 1 saturated heterocycles. The van der Waals surface area contributed by atoms with Crippen molar-refractivity contribution in [1.29, 1.82) is 0 Å². The van der Waals surface area contributed by atoms with Gasteiger partial charge in [0.05, 0.1) is 32.1 Å². The van der Waals surface area contributed by atoms with Gasteiger partial charge in [0.1, 0.15) is 17.6 Å². The number of benzene rings is 1. The van der Waals surface area contributed by atoms with E-state index in [0.29, 0.717) is 31.3 Å². The Morgan fingerprint density at radius 3 is 3.04 bits per heavy atom. The zero-order valence-corrected chi connectivity index (χ0v) is 15.1. The predicted molar refractivity (Wildman–Crippen MR) is 96.4 cm³/mol. The topological polar surface area (TPSA) is 63.9 Å². The first kappa shape index (κ1) is 17.2. The Kier molecular flexibility index (Phi) is 5.04. The maximum absolute atomic E-state index is 12.8. The fourth-order valence-electron chi connectivity index (χ4n) is 3.42. The maximum atomic E-state index is 12.8. The van der Waals surface area contributed by atoms with Crippen LogP contribution >= 0.6 is 11.6 Å². The van der Waals surface area contributed by atoms with Crippen molar-refractivity contribution in [1.82, 2.24) is 10.2 Å². The molecule has 1 aromatic carbocycles. The van der Waals surface area contributed by atoms with Gasteiger partial charge in [0, 0.05) is 17.1 Å². The largest absolute Gasteiger partial charge is 0.493 e. The number of hydrogen-bond acceptors (Lipinski definition) is 4. The number of carbonyl (C=O) groups is 1. The van der Waals surface area contributed by atoms with Gasteiger partial charge < -0.3 is 24.1 Å². The lowest BCUT2D eigenvalue weighted by Gasteiger charge is -2.33. The Morgan fingerprint density at radius 2 is 2.19 bits per heavy atom. The van der Waals surface area contributed by atoms with Crippen LogP contribution < -0.4 is 10.1 Å². The van der Waals surface area contributed by atoms with E-state index in [9.17, 15) is 4.79 Å². The highest BCUT2D eigenvalue weighted by Crippen LogP contribution is 2.34. The van der Waals surface area contributed by atoms with Gasteiger partial charge in [-0.2, -0.15) is 0 Å². The van der Waals surface area contributed by atoms with E-state index >= 15 is 0 Å². The molecule has 0 spiro atoms. The molecule has 2 atom stereocenters. The molecule has 2 amide bonds. The van der Waals surface area contributed by atoms with E-state index in [2.05, 4.69) is 5.32 Å². The molecule has 6 nitrogen and oxygen atoms in total. The molecule has 1 fully saturated rings. The number of ether oxygens (including phenoxy) is 2. The Balaban J connectivity index is 1.46. The summed E-state index contributed by atoms with van der Waals surface area (Å²) in [5.74, 6) is 1.49. The van der Waals surface area contributed by atoms with Crippen LogP contribution in [0.3, 0.4) is 0 Å². The lowest BCUT2D eigenvalue weighted by molar-refractivity contribution is -0.0263. The molecular formula is C19H21ClN2O4. The summed E-state index contributed by atoms with van der Waals surface area (Å²) >= 11 is 6.07. The molecule has 0 radical (unpaired) electrons. The Morgan fingerprint density at radius 1 is 1.27 bits per heavy atom. The molecular weight excluding hydrogens is 356 g/mol. The van der Waals surface area contributed by atoms with Crippen molar-refractivity contribution < 1.29 is 18.7 Å². The van der Waals surface area contributed by atoms with E-state index in [-0.39, 0.29) is 18.2 Å². The summed E-state index contributed by atoms with van der Waals surface area (Å²) in [4.78, 5) is 14.6. The van der Waals surface area contributed by atoms with Gasteiger partial charge in [0.15, 0.2) is 0 Å². The van der Waals surface area contributed by atoms with E-state index in [4.69, 9.17) is 25.5 Å². The zero-order chi connectivity index (χ0) is 17.9. The Bertz CT molecular complexity index is 765. The lowest BCUT2D eigenvalue weighted by Crippen LogP contribution is -2.48. The number of hydrogen-bond donors (Lipinski definition) is 1. The van der Waals surface area contributed by atoms with E-state index < -0.39 is 0 Å². The maximum Gasteiger partial charge on any atom is 0.318 e. The second-order valence-corrected chi connectivity index (χ2v) is 6.93. The van der Waals surface area contributed by atoms with Crippen molar-refractivity contribution >= 4 is 17.6 Å². The second-order valence-electron chi connectivity index (χ2n) is 6.50. The Hall–Kier alpha value is -2.18. The van der Waals surface area contributed by atoms with Crippen molar-refractivity contribution in [2.75, 3.05) is 26.3 Å². The number of rotatable bonds is 2. The van der Waals surface area contributed by atoms with Gasteiger partial charge in [-0.1, -0.05) is 17.7 Å². The minimum Gasteiger partial charge on any atom is -0.493 e. The highest BCUT2D eigenvalue weighted by Gasteiger charge is 2.29. The van der Waals surface area contributed by atoms with Crippen molar-refractivity contribution in [3.8, 4) is 5.75 Å². The van der Waals surface area contributed by atoms with Crippen molar-refractivity contribution in [3.63, 3.8) is 0 Å². The number of nitrogens with zero attached hydrogens (tertiary/aromatic N) is 1. The van der Waals surface area contributed by atoms with E-state index in [1.54, 1.807) is 11.2 Å². The summed E-state index contributed by atoms with van der Waals surface area (Å²) in [6.07, 6.45) is 3.08. The molecule has 2 unspecified atom stereocenters. The summed E-state index contributed by atoms with van der Waals surface area (Å²) in [6.45, 7) is 2.13. The van der Waals surface area contributed by atoms with Crippen LogP contribution in [0.15, 0.2) is 41.0 Å². The number of halogens is 1. The van der Waals surface area contributed by atoms with Gasteiger partial charge in [-0.15, -0.1) is 0 Å². The standard InChI is InChI=1S/C19H21ClN2O4/c20-13-5-6-14-15(3-1-8-25-17(14)11-13)21-19(23)22-7-10-26-18(12-22)16-4-2-9-24-16/h2,4-6,9,11,15,18H,1,3,7-8,10,12H2,(H,21,23). The van der Waals surface area contributed by atoms with E-state index in [1.165, 1.54) is 0 Å². The minimum atomic E-state index is -0.229. The third-order valence-corrected chi connectivity index (χ3v) is 4.99. The molecule has 0 saturated carbocycles. The SMILES string of the molecule is O=C(NC1CCCOc2cc(Cl)ccc21)N1CCOC(c2ccco2)C1. The third kappa shape index (κ3) is 3.66. The summed E-state index contributed by atoms with van der Waals surface area (Å²) in [5.41, 5.74) is 0.969. The molecule has 4 rings (SSSR count). The van der Waals surface area contributed by atoms with Crippen LogP contribution in [-0.4, -0.2) is 37.2 Å². The fourth-order valence-corrected chi connectivity index (χ4v) is 3.58. The molecule has 1 N–H and O–H groups in total. The van der Waals surface area contributed by atoms with Gasteiger partial charge in [-0.05, 0) is 37.1 Å². The molecule has 26 heavy (non-hydrogen) atoms. The number of urea groups is 1. The fraction of sp³-hybridized carbons (Fsp3) is 0.421. The van der Waals surface area contributed by atoms with Gasteiger partial charge >= 0.3 is 6.03 Å². The number of carbonyl (C=O) groups excluding carboxylic acids is 1. The molecule has 2 aliphatic rings. The van der Waals surface area contributed by atoms with Gasteiger partial charge in [0.25, 0.3) is 0 Å². The first-order chi connectivity index (χ1) is 12.7. The highest BCUT2D eigenvalue weighted by atomic mass is 35.5. The first-order valence-electron chi connectivity index (χ1n) is 8.83. The number of amides is 2. The molecule has 0 aliphatic carbocycles. The predicted octanol–water partition coefficient (Wildman–Crippen LogP) is 3.93. The number of furan rings is 1. The number of fused-ring (bicyclic) bond motifs is 1. The highest BCUT2D eigenvalue weighted by molar-refractivity contribution is 6.30. The monoisotopic (exact) mass is 376 g/mol. The molecule has 7 heteroatoms. The van der Waals surface area contributed by atoms with Gasteiger partial charge in [-0.3, -0.25) is 0 Å². The van der Waals surface area contributed by atoms with Gasteiger partial charge in [-0.25, -0.2) is 4.79 Å². The van der Waals surface area contributed by atoms with Crippen LogP contribution in [0.25, 0.3) is 0 Å². The lowest BCUT2D eigenvalue weighted by atomic mass is 10.0. The van der Waals surface area contributed by atoms with Crippen LogP contribution in [0.2, 0.25) is 5.02 Å². The van der Waals surface area contributed by atoms with Crippen LogP contribution in [0.4, 0.5) is 4.79 Å². The molecule has 3 heterocycles. The average molecular weight is 377 g/mol. The summed E-state index contributed by atoms with van der Waals surface area (Å²) in [5, 5.41) is 3.78. The smallest absolute Gasteiger partial charge is 0.318 e. The normalized spacial score (nSPS) is 22.9. The van der Waals surface area contributed by atoms with Crippen LogP contribution in [0.5, 0.6) is 5.75 Å². The molecule has 1 aromatic heterocycles. The minimum absolute atomic E-state index is 0.0952. The number of nitrogens with one attached hydrogen (secondary N) is 1. The van der Waals surface area contributed by atoms with Crippen LogP contribution in [0, 0.1) is 0 Å². The first-order valence-corrected chi connectivity index (χ1v) is 9.21. The third-order valence-electron chi connectivity index (χ3n) is 4.76. The summed E-state index contributed by atoms with van der Waals surface area (Å²) in [6, 6.07) is 9.07. The van der Waals surface area contributed by atoms with Gasteiger partial charge in [0.2, 0.25) is 0 Å². The summed E-state index contributed by atoms with van der Waals surface area (Å²) < 4.78 is 16.9. The zero-order valence-electron chi connectivity index (χ0n) is 14.3. The van der Waals surface area contributed by atoms with Crippen molar-refractivity contribution in [2.45, 2.75) is 25.0 Å². The van der Waals surface area contributed by atoms with Crippen molar-refractivity contribution in [2.24, 2.45) is 0 Å². The molecule has 138 valence electrons. The molecule has 2 aliphatic heterocycles. The van der Waals surface area contributed by atoms with Crippen molar-refractivity contribution in [3.05, 3.63) is 52.9 Å². The number of morpholine rings is 1. The van der Waals surface area contributed by atoms with E-state index in [1.807, 2.05) is 30.3 Å². The van der Waals surface area contributed by atoms with Crippen LogP contribution in [-0.2, 0) is 4.74 Å².